The molecule has 0 amide bonds. The van der Waals surface area contributed by atoms with E-state index in [1.165, 1.54) is 16.7 Å². The van der Waals surface area contributed by atoms with Gasteiger partial charge in [-0.2, -0.15) is 0 Å². The lowest BCUT2D eigenvalue weighted by Crippen LogP contribution is -2.45. The average molecular weight is 338 g/mol. The van der Waals surface area contributed by atoms with E-state index in [1.807, 2.05) is 7.05 Å². The van der Waals surface area contributed by atoms with Crippen molar-refractivity contribution in [3.63, 3.8) is 0 Å². The molecule has 4 heteroatoms. The number of benzene rings is 2. The van der Waals surface area contributed by atoms with Gasteiger partial charge < -0.3 is 15.5 Å². The highest BCUT2D eigenvalue weighted by molar-refractivity contribution is 5.79. The number of nitrogens with one attached hydrogen (secondary N) is 2. The molecule has 2 rings (SSSR count). The fraction of sp³-hybridized carbons (Fsp3) is 0.381. The lowest BCUT2D eigenvalue weighted by atomic mass is 10.1. The lowest BCUT2D eigenvalue weighted by molar-refractivity contribution is 0.290. The van der Waals surface area contributed by atoms with E-state index in [0.29, 0.717) is 6.04 Å². The highest BCUT2D eigenvalue weighted by Crippen LogP contribution is 2.07. The number of guanidine groups is 1. The van der Waals surface area contributed by atoms with Gasteiger partial charge in [0.25, 0.3) is 0 Å². The van der Waals surface area contributed by atoms with Crippen LogP contribution in [-0.2, 0) is 13.0 Å². The Morgan fingerprint density at radius 2 is 1.68 bits per heavy atom. The third kappa shape index (κ3) is 6.24. The third-order valence-corrected chi connectivity index (χ3v) is 4.48. The van der Waals surface area contributed by atoms with E-state index in [0.717, 1.165) is 25.5 Å². The van der Waals surface area contributed by atoms with Gasteiger partial charge in [-0.3, -0.25) is 4.99 Å². The molecule has 0 saturated heterocycles. The van der Waals surface area contributed by atoms with E-state index in [1.54, 1.807) is 0 Å². The van der Waals surface area contributed by atoms with Crippen LogP contribution in [0.4, 0.5) is 0 Å². The zero-order valence-electron chi connectivity index (χ0n) is 15.8. The van der Waals surface area contributed by atoms with Gasteiger partial charge in [-0.25, -0.2) is 0 Å². The van der Waals surface area contributed by atoms with E-state index in [2.05, 4.69) is 96.1 Å². The van der Waals surface area contributed by atoms with Crippen molar-refractivity contribution in [3.05, 3.63) is 71.3 Å². The Hall–Kier alpha value is -2.33. The molecule has 25 heavy (non-hydrogen) atoms. The van der Waals surface area contributed by atoms with E-state index in [4.69, 9.17) is 0 Å². The maximum Gasteiger partial charge on any atom is 0.191 e. The molecular weight excluding hydrogens is 308 g/mol. The van der Waals surface area contributed by atoms with Crippen LogP contribution < -0.4 is 10.6 Å². The summed E-state index contributed by atoms with van der Waals surface area (Å²) >= 11 is 0. The Morgan fingerprint density at radius 3 is 2.32 bits per heavy atom. The molecule has 2 aromatic rings. The minimum absolute atomic E-state index is 0.402. The van der Waals surface area contributed by atoms with Crippen LogP contribution in [0.25, 0.3) is 0 Å². The summed E-state index contributed by atoms with van der Waals surface area (Å²) in [6.45, 7) is 3.75. The van der Waals surface area contributed by atoms with Crippen molar-refractivity contribution >= 4 is 5.96 Å². The number of likely N-dealkylation sites (N-methyl/N-ethyl adjacent to an activating group) is 1. The predicted octanol–water partition coefficient (Wildman–Crippen LogP) is 2.83. The molecular formula is C21H30N4. The van der Waals surface area contributed by atoms with Gasteiger partial charge in [0, 0.05) is 26.2 Å². The zero-order valence-corrected chi connectivity index (χ0v) is 15.8. The molecule has 4 nitrogen and oxygen atoms in total. The summed E-state index contributed by atoms with van der Waals surface area (Å²) in [4.78, 5) is 6.61. The average Bonchev–Trinajstić information content (AvgIpc) is 2.62. The molecule has 0 spiro atoms. The molecule has 0 saturated carbocycles. The third-order valence-electron chi connectivity index (χ3n) is 4.48. The van der Waals surface area contributed by atoms with Crippen LogP contribution in [0.15, 0.2) is 59.6 Å². The molecule has 0 aliphatic carbocycles. The van der Waals surface area contributed by atoms with Gasteiger partial charge in [0.1, 0.15) is 0 Å². The fourth-order valence-corrected chi connectivity index (χ4v) is 2.75. The monoisotopic (exact) mass is 338 g/mol. The highest BCUT2D eigenvalue weighted by atomic mass is 15.2. The van der Waals surface area contributed by atoms with Crippen LogP contribution >= 0.6 is 0 Å². The Labute approximate surface area is 152 Å². The van der Waals surface area contributed by atoms with Gasteiger partial charge in [0.05, 0.1) is 0 Å². The van der Waals surface area contributed by atoms with Gasteiger partial charge in [-0.15, -0.1) is 0 Å². The second kappa shape index (κ2) is 9.84. The summed E-state index contributed by atoms with van der Waals surface area (Å²) in [6, 6.07) is 19.4. The van der Waals surface area contributed by atoms with Crippen LogP contribution in [0.2, 0.25) is 0 Å². The smallest absolute Gasteiger partial charge is 0.191 e. The summed E-state index contributed by atoms with van der Waals surface area (Å²) in [5, 5.41) is 6.86. The van der Waals surface area contributed by atoms with Gasteiger partial charge in [0.2, 0.25) is 0 Å². The molecule has 1 unspecified atom stereocenters. The predicted molar refractivity (Wildman–Crippen MR) is 107 cm³/mol. The Morgan fingerprint density at radius 1 is 1.00 bits per heavy atom. The van der Waals surface area contributed by atoms with E-state index < -0.39 is 0 Å². The summed E-state index contributed by atoms with van der Waals surface area (Å²) in [7, 11) is 6.06. The quantitative estimate of drug-likeness (QED) is 0.602. The number of hydrogen-bond donors (Lipinski definition) is 2. The number of nitrogens with zero attached hydrogens (tertiary/aromatic N) is 2. The van der Waals surface area contributed by atoms with Gasteiger partial charge in [-0.05, 0) is 44.1 Å². The van der Waals surface area contributed by atoms with Crippen molar-refractivity contribution < 1.29 is 0 Å². The lowest BCUT2D eigenvalue weighted by Gasteiger charge is -2.26. The summed E-state index contributed by atoms with van der Waals surface area (Å²) in [5.41, 5.74) is 3.94. The molecule has 0 aromatic heterocycles. The van der Waals surface area contributed by atoms with E-state index in [-0.39, 0.29) is 0 Å². The molecule has 0 aliphatic heterocycles. The summed E-state index contributed by atoms with van der Waals surface area (Å²) in [6.07, 6.45) is 1.01. The van der Waals surface area contributed by atoms with Crippen molar-refractivity contribution in [2.24, 2.45) is 4.99 Å². The molecule has 0 radical (unpaired) electrons. The number of aryl methyl sites for hydroxylation is 1. The van der Waals surface area contributed by atoms with Crippen molar-refractivity contribution in [1.29, 1.82) is 0 Å². The first kappa shape index (κ1) is 19.0. The normalized spacial score (nSPS) is 12.9. The van der Waals surface area contributed by atoms with Crippen molar-refractivity contribution in [2.45, 2.75) is 25.9 Å². The van der Waals surface area contributed by atoms with Gasteiger partial charge in [-0.1, -0.05) is 54.6 Å². The standard InChI is InChI=1S/C21H30N4/c1-17-10-8-9-13-19(17)15-23-21(22-2)24-16-20(25(3)4)14-18-11-6-5-7-12-18/h5-13,20H,14-16H2,1-4H3,(H2,22,23,24). The van der Waals surface area contributed by atoms with Crippen LogP contribution in [0.5, 0.6) is 0 Å². The molecule has 0 heterocycles. The summed E-state index contributed by atoms with van der Waals surface area (Å²) < 4.78 is 0. The Balaban J connectivity index is 1.88. The largest absolute Gasteiger partial charge is 0.355 e. The SMILES string of the molecule is CN=C(NCc1ccccc1C)NCC(Cc1ccccc1)N(C)C. The molecule has 2 aromatic carbocycles. The summed E-state index contributed by atoms with van der Waals surface area (Å²) in [5.74, 6) is 0.836. The number of aliphatic imine (C=N–C) groups is 1. The topological polar surface area (TPSA) is 39.7 Å². The molecule has 0 bridgehead atoms. The number of hydrogen-bond acceptors (Lipinski definition) is 2. The van der Waals surface area contributed by atoms with Crippen molar-refractivity contribution in [1.82, 2.24) is 15.5 Å². The van der Waals surface area contributed by atoms with Crippen LogP contribution in [0.1, 0.15) is 16.7 Å². The van der Waals surface area contributed by atoms with Crippen molar-refractivity contribution in [3.8, 4) is 0 Å². The molecule has 0 aliphatic rings. The Kier molecular flexibility index (Phi) is 7.48. The first-order valence-corrected chi connectivity index (χ1v) is 8.79. The van der Waals surface area contributed by atoms with E-state index in [9.17, 15) is 0 Å². The van der Waals surface area contributed by atoms with Gasteiger partial charge >= 0.3 is 0 Å². The first-order chi connectivity index (χ1) is 12.1. The van der Waals surface area contributed by atoms with Crippen LogP contribution in [-0.4, -0.2) is 44.6 Å². The maximum atomic E-state index is 4.35. The molecule has 2 N–H and O–H groups in total. The zero-order chi connectivity index (χ0) is 18.1. The maximum absolute atomic E-state index is 4.35. The van der Waals surface area contributed by atoms with Crippen LogP contribution in [0.3, 0.4) is 0 Å². The second-order valence-electron chi connectivity index (χ2n) is 6.54. The Bertz CT molecular complexity index is 665. The second-order valence-corrected chi connectivity index (χ2v) is 6.54. The van der Waals surface area contributed by atoms with Crippen molar-refractivity contribution in [2.75, 3.05) is 27.7 Å². The molecule has 0 fully saturated rings. The van der Waals surface area contributed by atoms with E-state index >= 15 is 0 Å². The minimum atomic E-state index is 0.402. The molecule has 1 atom stereocenters. The first-order valence-electron chi connectivity index (χ1n) is 8.79. The number of rotatable bonds is 7. The van der Waals surface area contributed by atoms with Crippen LogP contribution in [0, 0.1) is 6.92 Å². The fourth-order valence-electron chi connectivity index (χ4n) is 2.75. The molecule has 134 valence electrons. The highest BCUT2D eigenvalue weighted by Gasteiger charge is 2.13. The van der Waals surface area contributed by atoms with Gasteiger partial charge in [0.15, 0.2) is 5.96 Å². The minimum Gasteiger partial charge on any atom is -0.355 e.